The summed E-state index contributed by atoms with van der Waals surface area (Å²) >= 11 is 3.24. The molecule has 0 heterocycles. The number of ether oxygens (including phenoxy) is 3. The molecule has 0 spiro atoms. The van der Waals surface area contributed by atoms with Crippen LogP contribution in [0.4, 0.5) is 8.78 Å². The van der Waals surface area contributed by atoms with Crippen LogP contribution in [-0.4, -0.2) is 19.2 Å². The van der Waals surface area contributed by atoms with Gasteiger partial charge in [-0.3, -0.25) is 0 Å². The molecule has 130 valence electrons. The van der Waals surface area contributed by atoms with Crippen molar-refractivity contribution in [3.8, 4) is 23.3 Å². The molecule has 25 heavy (non-hydrogen) atoms. The first-order valence-electron chi connectivity index (χ1n) is 7.08. The molecule has 0 bridgehead atoms. The maximum Gasteiger partial charge on any atom is 0.387 e. The first-order valence-corrected chi connectivity index (χ1v) is 7.87. The molecule has 8 heteroatoms. The first kappa shape index (κ1) is 18.7. The molecule has 0 N–H and O–H groups in total. The van der Waals surface area contributed by atoms with Crippen LogP contribution >= 0.6 is 15.9 Å². The van der Waals surface area contributed by atoms with Crippen molar-refractivity contribution in [1.29, 1.82) is 5.26 Å². The summed E-state index contributed by atoms with van der Waals surface area (Å²) in [4.78, 5) is 12.3. The number of nitriles is 1. The molecule has 0 radical (unpaired) electrons. The van der Waals surface area contributed by atoms with E-state index >= 15 is 0 Å². The van der Waals surface area contributed by atoms with Gasteiger partial charge in [0.05, 0.1) is 28.3 Å². The highest BCUT2D eigenvalue weighted by molar-refractivity contribution is 9.10. The summed E-state index contributed by atoms with van der Waals surface area (Å²) in [5.74, 6) is -0.422. The second kappa shape index (κ2) is 8.44. The summed E-state index contributed by atoms with van der Waals surface area (Å²) in [6.45, 7) is -0.882. The number of hydrogen-bond acceptors (Lipinski definition) is 5. The fourth-order valence-corrected chi connectivity index (χ4v) is 2.44. The molecule has 2 aromatic rings. The molecular weight excluding hydrogens is 400 g/mol. The van der Waals surface area contributed by atoms with Crippen LogP contribution in [0.3, 0.4) is 0 Å². The molecule has 2 rings (SSSR count). The van der Waals surface area contributed by atoms with E-state index in [1.54, 1.807) is 6.92 Å². The maximum atomic E-state index is 12.3. The number of esters is 1. The Labute approximate surface area is 150 Å². The molecule has 0 aliphatic heterocycles. The number of carbonyl (C=O) groups is 1. The summed E-state index contributed by atoms with van der Waals surface area (Å²) in [6.07, 6.45) is 0. The van der Waals surface area contributed by atoms with E-state index in [2.05, 4.69) is 20.7 Å². The Morgan fingerprint density at radius 3 is 2.52 bits per heavy atom. The molecule has 0 unspecified atom stereocenters. The third kappa shape index (κ3) is 4.90. The van der Waals surface area contributed by atoms with Gasteiger partial charge in [-0.15, -0.1) is 0 Å². The van der Waals surface area contributed by atoms with Gasteiger partial charge in [-0.2, -0.15) is 14.0 Å². The van der Waals surface area contributed by atoms with Crippen LogP contribution in [0.1, 0.15) is 22.8 Å². The van der Waals surface area contributed by atoms with Crippen LogP contribution in [0.5, 0.6) is 17.2 Å². The fraction of sp³-hybridized carbons (Fsp3) is 0.176. The highest BCUT2D eigenvalue weighted by Crippen LogP contribution is 2.37. The minimum absolute atomic E-state index is 0.0684. The highest BCUT2D eigenvalue weighted by atomic mass is 79.9. The van der Waals surface area contributed by atoms with Crippen molar-refractivity contribution in [1.82, 2.24) is 0 Å². The average molecular weight is 412 g/mol. The van der Waals surface area contributed by atoms with Gasteiger partial charge in [0.25, 0.3) is 0 Å². The minimum atomic E-state index is -2.94. The fourth-order valence-electron chi connectivity index (χ4n) is 1.92. The smallest absolute Gasteiger partial charge is 0.387 e. The van der Waals surface area contributed by atoms with Crippen molar-refractivity contribution >= 4 is 21.9 Å². The lowest BCUT2D eigenvalue weighted by atomic mass is 10.2. The molecule has 0 saturated carbocycles. The van der Waals surface area contributed by atoms with Crippen LogP contribution in [0.2, 0.25) is 0 Å². The van der Waals surface area contributed by atoms with E-state index in [0.717, 1.165) is 0 Å². The largest absolute Gasteiger partial charge is 0.490 e. The zero-order chi connectivity index (χ0) is 18.4. The predicted molar refractivity (Wildman–Crippen MR) is 88.1 cm³/mol. The van der Waals surface area contributed by atoms with E-state index in [4.69, 9.17) is 14.7 Å². The summed E-state index contributed by atoms with van der Waals surface area (Å²) in [6, 6.07) is 10.00. The number of carbonyl (C=O) groups excluding carboxylic acids is 1. The second-order valence-corrected chi connectivity index (χ2v) is 5.48. The number of nitrogens with zero attached hydrogens (tertiary/aromatic N) is 1. The first-order chi connectivity index (χ1) is 11.9. The Morgan fingerprint density at radius 2 is 1.96 bits per heavy atom. The van der Waals surface area contributed by atoms with E-state index in [1.807, 2.05) is 6.07 Å². The van der Waals surface area contributed by atoms with Gasteiger partial charge in [-0.25, -0.2) is 4.79 Å². The average Bonchev–Trinajstić information content (AvgIpc) is 2.57. The summed E-state index contributed by atoms with van der Waals surface area (Å²) in [5, 5.41) is 8.99. The predicted octanol–water partition coefficient (Wildman–Crippen LogP) is 4.54. The van der Waals surface area contributed by atoms with Gasteiger partial charge in [0.1, 0.15) is 5.75 Å². The Hall–Kier alpha value is -2.66. The van der Waals surface area contributed by atoms with Crippen LogP contribution in [-0.2, 0) is 0 Å². The van der Waals surface area contributed by atoms with Gasteiger partial charge in [0.2, 0.25) is 0 Å². The molecule has 0 atom stereocenters. The maximum absolute atomic E-state index is 12.3. The summed E-state index contributed by atoms with van der Waals surface area (Å²) in [7, 11) is 0. The van der Waals surface area contributed by atoms with Crippen LogP contribution in [0.25, 0.3) is 0 Å². The van der Waals surface area contributed by atoms with Gasteiger partial charge in [0.15, 0.2) is 11.5 Å². The lowest BCUT2D eigenvalue weighted by Gasteiger charge is -2.13. The number of rotatable bonds is 6. The SMILES string of the molecule is CCOc1cc(C#N)cc(Br)c1OC(=O)c1ccc(OC(F)F)cc1. The van der Waals surface area contributed by atoms with Gasteiger partial charge in [0, 0.05) is 6.07 Å². The van der Waals surface area contributed by atoms with Crippen LogP contribution < -0.4 is 14.2 Å². The molecular formula is C17H12BrF2NO4. The molecule has 0 saturated heterocycles. The quantitative estimate of drug-likeness (QED) is 0.515. The Balaban J connectivity index is 2.24. The lowest BCUT2D eigenvalue weighted by Crippen LogP contribution is -2.10. The van der Waals surface area contributed by atoms with Crippen molar-refractivity contribution < 1.29 is 27.8 Å². The lowest BCUT2D eigenvalue weighted by molar-refractivity contribution is -0.0498. The molecule has 2 aromatic carbocycles. The standard InChI is InChI=1S/C17H12BrF2NO4/c1-2-23-14-8-10(9-21)7-13(18)15(14)25-16(22)11-3-5-12(6-4-11)24-17(19)20/h3-8,17H,2H2,1H3. The molecule has 5 nitrogen and oxygen atoms in total. The number of hydrogen-bond donors (Lipinski definition) is 0. The Morgan fingerprint density at radius 1 is 1.28 bits per heavy atom. The highest BCUT2D eigenvalue weighted by Gasteiger charge is 2.17. The minimum Gasteiger partial charge on any atom is -0.490 e. The Bertz CT molecular complexity index is 804. The number of alkyl halides is 2. The van der Waals surface area contributed by atoms with Crippen LogP contribution in [0.15, 0.2) is 40.9 Å². The molecule has 0 aromatic heterocycles. The molecule has 0 aliphatic carbocycles. The van der Waals surface area contributed by atoms with E-state index in [0.29, 0.717) is 16.6 Å². The summed E-state index contributed by atoms with van der Waals surface area (Å²) in [5.41, 5.74) is 0.476. The zero-order valence-corrected chi connectivity index (χ0v) is 14.5. The van der Waals surface area contributed by atoms with Crippen molar-refractivity contribution in [3.05, 3.63) is 52.0 Å². The van der Waals surface area contributed by atoms with Crippen molar-refractivity contribution in [3.63, 3.8) is 0 Å². The number of benzene rings is 2. The Kier molecular flexibility index (Phi) is 6.31. The molecule has 0 fully saturated rings. The number of halogens is 3. The van der Waals surface area contributed by atoms with E-state index < -0.39 is 12.6 Å². The van der Waals surface area contributed by atoms with Crippen LogP contribution in [0, 0.1) is 11.3 Å². The third-order valence-electron chi connectivity index (χ3n) is 2.95. The second-order valence-electron chi connectivity index (χ2n) is 4.62. The van der Waals surface area contributed by atoms with E-state index in [9.17, 15) is 13.6 Å². The summed E-state index contributed by atoms with van der Waals surface area (Å²) < 4.78 is 39.6. The van der Waals surface area contributed by atoms with Gasteiger partial charge >= 0.3 is 12.6 Å². The van der Waals surface area contributed by atoms with E-state index in [-0.39, 0.29) is 22.8 Å². The molecule has 0 amide bonds. The van der Waals surface area contributed by atoms with Gasteiger partial charge in [-0.05, 0) is 53.2 Å². The van der Waals surface area contributed by atoms with Crippen molar-refractivity contribution in [2.24, 2.45) is 0 Å². The zero-order valence-electron chi connectivity index (χ0n) is 13.0. The monoisotopic (exact) mass is 411 g/mol. The topological polar surface area (TPSA) is 68.5 Å². The van der Waals surface area contributed by atoms with Crippen molar-refractivity contribution in [2.45, 2.75) is 13.5 Å². The molecule has 0 aliphatic rings. The van der Waals surface area contributed by atoms with Gasteiger partial charge in [-0.1, -0.05) is 0 Å². The van der Waals surface area contributed by atoms with Gasteiger partial charge < -0.3 is 14.2 Å². The van der Waals surface area contributed by atoms with Crippen molar-refractivity contribution in [2.75, 3.05) is 6.61 Å². The normalized spacial score (nSPS) is 10.2. The third-order valence-corrected chi connectivity index (χ3v) is 3.54. The van der Waals surface area contributed by atoms with E-state index in [1.165, 1.54) is 36.4 Å².